The van der Waals surface area contributed by atoms with E-state index in [0.717, 1.165) is 35.3 Å². The smallest absolute Gasteiger partial charge is 0.288 e. The second kappa shape index (κ2) is 8.82. The molecule has 1 aromatic carbocycles. The Kier molecular flexibility index (Phi) is 6.50. The molecule has 0 saturated carbocycles. The summed E-state index contributed by atoms with van der Waals surface area (Å²) in [5.41, 5.74) is 1.08. The van der Waals surface area contributed by atoms with Gasteiger partial charge in [0.1, 0.15) is 5.82 Å². The standard InChI is InChI=1S/C17H17F2N3S3/c1-12-20-21-17(22(12)9-8-14-3-2-10-23-14)24-11-13-4-6-15(7-5-13)25-16(18)19/h2-7,10,16H,8-9,11H2,1H3. The maximum Gasteiger partial charge on any atom is 0.288 e. The Balaban J connectivity index is 1.59. The summed E-state index contributed by atoms with van der Waals surface area (Å²) in [7, 11) is 0. The van der Waals surface area contributed by atoms with Crippen LogP contribution in [0.1, 0.15) is 16.3 Å². The van der Waals surface area contributed by atoms with Crippen molar-refractivity contribution in [2.75, 3.05) is 0 Å². The summed E-state index contributed by atoms with van der Waals surface area (Å²) in [5, 5.41) is 11.4. The topological polar surface area (TPSA) is 30.7 Å². The van der Waals surface area contributed by atoms with Crippen LogP contribution in [-0.4, -0.2) is 20.5 Å². The van der Waals surface area contributed by atoms with Gasteiger partial charge in [-0.15, -0.1) is 21.5 Å². The van der Waals surface area contributed by atoms with Crippen LogP contribution in [0, 0.1) is 6.92 Å². The van der Waals surface area contributed by atoms with Crippen molar-refractivity contribution in [1.29, 1.82) is 0 Å². The number of aryl methyl sites for hydroxylation is 2. The van der Waals surface area contributed by atoms with E-state index >= 15 is 0 Å². The van der Waals surface area contributed by atoms with Gasteiger partial charge in [0.25, 0.3) is 5.76 Å². The van der Waals surface area contributed by atoms with Crippen LogP contribution in [-0.2, 0) is 18.7 Å². The first-order valence-electron chi connectivity index (χ1n) is 7.70. The third-order valence-corrected chi connectivity index (χ3v) is 6.28. The molecule has 8 heteroatoms. The fourth-order valence-electron chi connectivity index (χ4n) is 2.32. The van der Waals surface area contributed by atoms with E-state index < -0.39 is 5.76 Å². The Morgan fingerprint density at radius 2 is 1.96 bits per heavy atom. The lowest BCUT2D eigenvalue weighted by molar-refractivity contribution is 0.252. The fraction of sp³-hybridized carbons (Fsp3) is 0.294. The van der Waals surface area contributed by atoms with Gasteiger partial charge in [0.05, 0.1) is 0 Å². The zero-order valence-electron chi connectivity index (χ0n) is 13.6. The number of benzene rings is 1. The number of hydrogen-bond donors (Lipinski definition) is 0. The maximum atomic E-state index is 12.4. The van der Waals surface area contributed by atoms with Crippen LogP contribution in [0.4, 0.5) is 8.78 Å². The zero-order valence-corrected chi connectivity index (χ0v) is 16.0. The SMILES string of the molecule is Cc1nnc(SCc2ccc(SC(F)F)cc2)n1CCc1cccs1. The van der Waals surface area contributed by atoms with Crippen molar-refractivity contribution in [3.63, 3.8) is 0 Å². The van der Waals surface area contributed by atoms with Crippen molar-refractivity contribution in [2.45, 2.75) is 41.5 Å². The average molecular weight is 398 g/mol. The highest BCUT2D eigenvalue weighted by Crippen LogP contribution is 2.27. The van der Waals surface area contributed by atoms with Crippen LogP contribution in [0.15, 0.2) is 51.8 Å². The summed E-state index contributed by atoms with van der Waals surface area (Å²) in [6.45, 7) is 2.81. The van der Waals surface area contributed by atoms with Gasteiger partial charge in [-0.2, -0.15) is 8.78 Å². The first-order valence-corrected chi connectivity index (χ1v) is 10.4. The minimum absolute atomic E-state index is 0.567. The summed E-state index contributed by atoms with van der Waals surface area (Å²) < 4.78 is 26.8. The molecule has 3 aromatic rings. The van der Waals surface area contributed by atoms with E-state index in [9.17, 15) is 8.78 Å². The van der Waals surface area contributed by atoms with E-state index in [2.05, 4.69) is 32.3 Å². The van der Waals surface area contributed by atoms with Gasteiger partial charge in [-0.05, 0) is 42.5 Å². The second-order valence-corrected chi connectivity index (χ2v) is 8.36. The Labute approximate surface area is 157 Å². The molecule has 2 aromatic heterocycles. The number of rotatable bonds is 8. The lowest BCUT2D eigenvalue weighted by Crippen LogP contribution is -2.04. The monoisotopic (exact) mass is 397 g/mol. The summed E-state index contributed by atoms with van der Waals surface area (Å²) in [6.07, 6.45) is 0.962. The van der Waals surface area contributed by atoms with E-state index in [1.807, 2.05) is 19.1 Å². The zero-order chi connectivity index (χ0) is 17.6. The van der Waals surface area contributed by atoms with Crippen LogP contribution in [0.5, 0.6) is 0 Å². The molecule has 0 spiro atoms. The van der Waals surface area contributed by atoms with Crippen molar-refractivity contribution in [3.05, 3.63) is 58.0 Å². The predicted molar refractivity (Wildman–Crippen MR) is 101 cm³/mol. The molecular formula is C17H17F2N3S3. The summed E-state index contributed by atoms with van der Waals surface area (Å²) in [5.74, 6) is -0.746. The minimum atomic E-state index is -2.38. The molecular weight excluding hydrogens is 380 g/mol. The third kappa shape index (κ3) is 5.29. The number of thiophene rings is 1. The number of alkyl halides is 2. The molecule has 0 saturated heterocycles. The Morgan fingerprint density at radius 3 is 2.64 bits per heavy atom. The van der Waals surface area contributed by atoms with Crippen LogP contribution in [0.25, 0.3) is 0 Å². The Hall–Kier alpha value is -1.38. The molecule has 132 valence electrons. The predicted octanol–water partition coefficient (Wildman–Crippen LogP) is 5.50. The van der Waals surface area contributed by atoms with Crippen molar-refractivity contribution in [3.8, 4) is 0 Å². The van der Waals surface area contributed by atoms with Gasteiger partial charge in [-0.1, -0.05) is 41.7 Å². The van der Waals surface area contributed by atoms with Crippen molar-refractivity contribution in [1.82, 2.24) is 14.8 Å². The van der Waals surface area contributed by atoms with E-state index in [-0.39, 0.29) is 0 Å². The average Bonchev–Trinajstić information content (AvgIpc) is 3.22. The molecule has 0 unspecified atom stereocenters. The van der Waals surface area contributed by atoms with Crippen LogP contribution in [0.3, 0.4) is 0 Å². The van der Waals surface area contributed by atoms with Crippen LogP contribution in [0.2, 0.25) is 0 Å². The molecule has 0 radical (unpaired) electrons. The number of halogens is 2. The van der Waals surface area contributed by atoms with Gasteiger partial charge in [0, 0.05) is 22.1 Å². The van der Waals surface area contributed by atoms with E-state index in [1.54, 1.807) is 35.2 Å². The summed E-state index contributed by atoms with van der Waals surface area (Å²) in [4.78, 5) is 1.93. The quantitative estimate of drug-likeness (QED) is 0.470. The number of aromatic nitrogens is 3. The molecule has 0 atom stereocenters. The highest BCUT2D eigenvalue weighted by atomic mass is 32.2. The minimum Gasteiger partial charge on any atom is -0.306 e. The van der Waals surface area contributed by atoms with Gasteiger partial charge in [0.2, 0.25) is 0 Å². The number of hydrogen-bond acceptors (Lipinski definition) is 5. The van der Waals surface area contributed by atoms with Crippen molar-refractivity contribution >= 4 is 34.9 Å². The highest BCUT2D eigenvalue weighted by Gasteiger charge is 2.10. The van der Waals surface area contributed by atoms with E-state index in [4.69, 9.17) is 0 Å². The summed E-state index contributed by atoms with van der Waals surface area (Å²) in [6, 6.07) is 11.4. The first-order chi connectivity index (χ1) is 12.1. The third-order valence-electron chi connectivity index (χ3n) is 3.58. The van der Waals surface area contributed by atoms with Gasteiger partial charge in [0.15, 0.2) is 5.16 Å². The molecule has 0 amide bonds. The number of thioether (sulfide) groups is 2. The molecule has 0 bridgehead atoms. The highest BCUT2D eigenvalue weighted by molar-refractivity contribution is 7.99. The lowest BCUT2D eigenvalue weighted by atomic mass is 10.2. The number of nitrogens with zero attached hydrogens (tertiary/aromatic N) is 3. The van der Waals surface area contributed by atoms with Crippen molar-refractivity contribution in [2.24, 2.45) is 0 Å². The molecule has 0 aliphatic carbocycles. The van der Waals surface area contributed by atoms with Crippen LogP contribution >= 0.6 is 34.9 Å². The van der Waals surface area contributed by atoms with Gasteiger partial charge in [-0.25, -0.2) is 0 Å². The van der Waals surface area contributed by atoms with E-state index in [1.165, 1.54) is 4.88 Å². The molecule has 0 fully saturated rings. The second-order valence-electron chi connectivity index (χ2n) is 5.32. The lowest BCUT2D eigenvalue weighted by Gasteiger charge is -2.08. The molecule has 2 heterocycles. The van der Waals surface area contributed by atoms with Gasteiger partial charge < -0.3 is 4.57 Å². The first kappa shape index (κ1) is 18.4. The molecule has 0 aliphatic rings. The largest absolute Gasteiger partial charge is 0.306 e. The fourth-order valence-corrected chi connectivity index (χ4v) is 4.48. The Morgan fingerprint density at radius 1 is 1.16 bits per heavy atom. The Bertz CT molecular complexity index is 786. The van der Waals surface area contributed by atoms with Gasteiger partial charge in [-0.3, -0.25) is 0 Å². The molecule has 3 rings (SSSR count). The van der Waals surface area contributed by atoms with Crippen molar-refractivity contribution < 1.29 is 8.78 Å². The van der Waals surface area contributed by atoms with Crippen LogP contribution < -0.4 is 0 Å². The molecule has 3 nitrogen and oxygen atoms in total. The summed E-state index contributed by atoms with van der Waals surface area (Å²) >= 11 is 3.94. The van der Waals surface area contributed by atoms with E-state index in [0.29, 0.717) is 16.7 Å². The molecule has 0 N–H and O–H groups in total. The normalized spacial score (nSPS) is 11.4. The molecule has 0 aliphatic heterocycles. The maximum absolute atomic E-state index is 12.4. The molecule has 25 heavy (non-hydrogen) atoms. The van der Waals surface area contributed by atoms with Gasteiger partial charge >= 0.3 is 0 Å².